The molecule has 2 N–H and O–H groups in total. The maximum atomic E-state index is 12.5. The van der Waals surface area contributed by atoms with Gasteiger partial charge in [-0.15, -0.1) is 0 Å². The third-order valence-electron chi connectivity index (χ3n) is 2.43. The van der Waals surface area contributed by atoms with Gasteiger partial charge in [0.05, 0.1) is 13.2 Å². The molecule has 0 fully saturated rings. The van der Waals surface area contributed by atoms with E-state index in [1.165, 1.54) is 0 Å². The number of benzene rings is 1. The Bertz CT molecular complexity index is 471. The third kappa shape index (κ3) is 6.26. The number of hydrogen-bond acceptors (Lipinski definition) is 3. The molecule has 0 heterocycles. The Kier molecular flexibility index (Phi) is 6.83. The summed E-state index contributed by atoms with van der Waals surface area (Å²) < 4.78 is 58.5. The van der Waals surface area contributed by atoms with Crippen molar-refractivity contribution in [2.24, 2.45) is 5.73 Å². The summed E-state index contributed by atoms with van der Waals surface area (Å²) in [5, 5.41) is 0. The van der Waals surface area contributed by atoms with Crippen molar-refractivity contribution in [3.05, 3.63) is 29.8 Å². The number of nitrogens with two attached hydrogens (primary N) is 1. The number of ether oxygens (including phenoxy) is 2. The molecule has 0 bridgehead atoms. The molecule has 0 amide bonds. The quantitative estimate of drug-likeness (QED) is 0.431. The second-order valence-electron chi connectivity index (χ2n) is 4.21. The zero-order valence-corrected chi connectivity index (χ0v) is 11.8. The standard InChI is InChI=1S/C13H15F4NO2S/c14-12(15)13(16,17)8-19-5-2-6-20-10-4-1-3-9(7-10)11(18)21/h1,3-4,7,12H,2,5-6,8H2,(H2,18,21). The van der Waals surface area contributed by atoms with Gasteiger partial charge < -0.3 is 15.2 Å². The van der Waals surface area contributed by atoms with Crippen LogP contribution in [-0.4, -0.2) is 37.2 Å². The highest BCUT2D eigenvalue weighted by molar-refractivity contribution is 7.80. The lowest BCUT2D eigenvalue weighted by Gasteiger charge is -2.15. The molecule has 0 aliphatic carbocycles. The molecule has 0 spiro atoms. The topological polar surface area (TPSA) is 44.5 Å². The Hall–Kier alpha value is -1.41. The lowest BCUT2D eigenvalue weighted by atomic mass is 10.2. The summed E-state index contributed by atoms with van der Waals surface area (Å²) in [6.45, 7) is -1.21. The average molecular weight is 325 g/mol. The van der Waals surface area contributed by atoms with Gasteiger partial charge in [-0.1, -0.05) is 24.4 Å². The Morgan fingerprint density at radius 3 is 2.62 bits per heavy atom. The number of thiocarbonyl (C=S) groups is 1. The van der Waals surface area contributed by atoms with Crippen LogP contribution < -0.4 is 10.5 Å². The van der Waals surface area contributed by atoms with Crippen molar-refractivity contribution in [1.29, 1.82) is 0 Å². The van der Waals surface area contributed by atoms with Crippen LogP contribution in [0, 0.1) is 0 Å². The summed E-state index contributed by atoms with van der Waals surface area (Å²) >= 11 is 4.82. The fourth-order valence-corrected chi connectivity index (χ4v) is 1.49. The molecule has 0 aromatic heterocycles. The van der Waals surface area contributed by atoms with E-state index in [9.17, 15) is 17.6 Å². The first-order valence-electron chi connectivity index (χ1n) is 6.09. The Labute approximate surface area is 125 Å². The zero-order chi connectivity index (χ0) is 15.9. The van der Waals surface area contributed by atoms with Gasteiger partial charge in [0.25, 0.3) is 0 Å². The lowest BCUT2D eigenvalue weighted by molar-refractivity contribution is -0.166. The maximum Gasteiger partial charge on any atom is 0.330 e. The van der Waals surface area contributed by atoms with Crippen LogP contribution in [-0.2, 0) is 4.74 Å². The van der Waals surface area contributed by atoms with Crippen LogP contribution >= 0.6 is 12.2 Å². The van der Waals surface area contributed by atoms with Gasteiger partial charge in [-0.3, -0.25) is 0 Å². The summed E-state index contributed by atoms with van der Waals surface area (Å²) in [6.07, 6.45) is -3.44. The highest BCUT2D eigenvalue weighted by Gasteiger charge is 2.40. The van der Waals surface area contributed by atoms with E-state index < -0.39 is 19.0 Å². The van der Waals surface area contributed by atoms with Gasteiger partial charge in [0, 0.05) is 12.0 Å². The molecule has 21 heavy (non-hydrogen) atoms. The van der Waals surface area contributed by atoms with E-state index in [4.69, 9.17) is 22.7 Å². The van der Waals surface area contributed by atoms with E-state index in [1.807, 2.05) is 0 Å². The molecule has 1 rings (SSSR count). The van der Waals surface area contributed by atoms with Gasteiger partial charge in [-0.05, 0) is 12.1 Å². The first-order chi connectivity index (χ1) is 9.83. The van der Waals surface area contributed by atoms with Crippen molar-refractivity contribution in [1.82, 2.24) is 0 Å². The van der Waals surface area contributed by atoms with E-state index in [2.05, 4.69) is 4.74 Å². The largest absolute Gasteiger partial charge is 0.493 e. The molecule has 1 aromatic carbocycles. The molecule has 118 valence electrons. The SMILES string of the molecule is NC(=S)c1cccc(OCCCOCC(F)(F)C(F)F)c1. The van der Waals surface area contributed by atoms with Gasteiger partial charge >= 0.3 is 12.3 Å². The van der Waals surface area contributed by atoms with E-state index in [0.717, 1.165) is 0 Å². The van der Waals surface area contributed by atoms with Gasteiger partial charge in [-0.25, -0.2) is 8.78 Å². The molecule has 8 heteroatoms. The van der Waals surface area contributed by atoms with Gasteiger partial charge in [0.2, 0.25) is 0 Å². The van der Waals surface area contributed by atoms with Crippen molar-refractivity contribution >= 4 is 17.2 Å². The van der Waals surface area contributed by atoms with Crippen molar-refractivity contribution in [2.45, 2.75) is 18.8 Å². The number of alkyl halides is 4. The summed E-state index contributed by atoms with van der Waals surface area (Å²) in [7, 11) is 0. The molecule has 0 aliphatic heterocycles. The third-order valence-corrected chi connectivity index (χ3v) is 2.67. The van der Waals surface area contributed by atoms with Crippen LogP contribution in [0.3, 0.4) is 0 Å². The second-order valence-corrected chi connectivity index (χ2v) is 4.65. The Morgan fingerprint density at radius 1 is 1.29 bits per heavy atom. The summed E-state index contributed by atoms with van der Waals surface area (Å²) in [6, 6.07) is 6.77. The van der Waals surface area contributed by atoms with Crippen LogP contribution in [0.5, 0.6) is 5.75 Å². The number of halogens is 4. The Morgan fingerprint density at radius 2 is 2.00 bits per heavy atom. The second kappa shape index (κ2) is 8.14. The fourth-order valence-electron chi connectivity index (χ4n) is 1.36. The minimum absolute atomic E-state index is 0.0999. The van der Waals surface area contributed by atoms with Crippen LogP contribution in [0.4, 0.5) is 17.6 Å². The first-order valence-corrected chi connectivity index (χ1v) is 6.50. The molecular formula is C13H15F4NO2S. The normalized spacial score (nSPS) is 11.7. The summed E-state index contributed by atoms with van der Waals surface area (Å²) in [5.41, 5.74) is 6.11. The van der Waals surface area contributed by atoms with Crippen LogP contribution in [0.1, 0.15) is 12.0 Å². The molecule has 0 radical (unpaired) electrons. The highest BCUT2D eigenvalue weighted by atomic mass is 32.1. The van der Waals surface area contributed by atoms with Crippen molar-refractivity contribution < 1.29 is 27.0 Å². The van der Waals surface area contributed by atoms with Crippen LogP contribution in [0.25, 0.3) is 0 Å². The monoisotopic (exact) mass is 325 g/mol. The summed E-state index contributed by atoms with van der Waals surface area (Å²) in [5.74, 6) is -3.59. The fraction of sp³-hybridized carbons (Fsp3) is 0.462. The predicted octanol–water partition coefficient (Wildman–Crippen LogP) is 3.01. The molecule has 0 saturated carbocycles. The minimum Gasteiger partial charge on any atom is -0.493 e. The lowest BCUT2D eigenvalue weighted by Crippen LogP contribution is -2.32. The molecule has 0 aliphatic rings. The van der Waals surface area contributed by atoms with Crippen molar-refractivity contribution in [3.8, 4) is 5.75 Å². The number of rotatable bonds is 9. The average Bonchev–Trinajstić information content (AvgIpc) is 2.42. The molecule has 3 nitrogen and oxygen atoms in total. The number of hydrogen-bond donors (Lipinski definition) is 1. The molecule has 0 atom stereocenters. The predicted molar refractivity (Wildman–Crippen MR) is 74.2 cm³/mol. The van der Waals surface area contributed by atoms with Crippen LogP contribution in [0.15, 0.2) is 24.3 Å². The van der Waals surface area contributed by atoms with Crippen molar-refractivity contribution in [3.63, 3.8) is 0 Å². The van der Waals surface area contributed by atoms with Gasteiger partial charge in [0.15, 0.2) is 0 Å². The minimum atomic E-state index is -4.12. The van der Waals surface area contributed by atoms with Gasteiger partial charge in [-0.2, -0.15) is 8.78 Å². The van der Waals surface area contributed by atoms with Crippen molar-refractivity contribution in [2.75, 3.05) is 19.8 Å². The zero-order valence-electron chi connectivity index (χ0n) is 11.0. The molecule has 0 saturated heterocycles. The molecule has 0 unspecified atom stereocenters. The van der Waals surface area contributed by atoms with E-state index in [0.29, 0.717) is 11.3 Å². The Balaban J connectivity index is 2.23. The summed E-state index contributed by atoms with van der Waals surface area (Å²) in [4.78, 5) is 0.234. The first kappa shape index (κ1) is 17.6. The van der Waals surface area contributed by atoms with E-state index >= 15 is 0 Å². The van der Waals surface area contributed by atoms with E-state index in [-0.39, 0.29) is 24.6 Å². The molecular weight excluding hydrogens is 310 g/mol. The van der Waals surface area contributed by atoms with E-state index in [1.54, 1.807) is 24.3 Å². The smallest absolute Gasteiger partial charge is 0.330 e. The van der Waals surface area contributed by atoms with Gasteiger partial charge in [0.1, 0.15) is 17.3 Å². The maximum absolute atomic E-state index is 12.5. The molecule has 1 aromatic rings. The van der Waals surface area contributed by atoms with Crippen LogP contribution in [0.2, 0.25) is 0 Å². The highest BCUT2D eigenvalue weighted by Crippen LogP contribution is 2.22.